The van der Waals surface area contributed by atoms with Gasteiger partial charge in [-0.3, -0.25) is 4.79 Å². The number of hydrogen-bond donors (Lipinski definition) is 2. The average molecular weight is 484 g/mol. The lowest BCUT2D eigenvalue weighted by Gasteiger charge is -2.30. The second-order valence-corrected chi connectivity index (χ2v) is 11.4. The van der Waals surface area contributed by atoms with Crippen molar-refractivity contribution in [2.24, 2.45) is 11.1 Å². The summed E-state index contributed by atoms with van der Waals surface area (Å²) in [6, 6.07) is 5.35. The molecular formula is C24H34ClNO5S. The number of oxime groups is 1. The van der Waals surface area contributed by atoms with E-state index in [0.29, 0.717) is 47.2 Å². The Morgan fingerprint density at radius 3 is 2.56 bits per heavy atom. The van der Waals surface area contributed by atoms with Crippen LogP contribution in [0.25, 0.3) is 0 Å². The van der Waals surface area contributed by atoms with E-state index in [1.807, 2.05) is 26.0 Å². The molecule has 2 rings (SSSR count). The highest BCUT2D eigenvalue weighted by Gasteiger charge is 2.27. The third-order valence-electron chi connectivity index (χ3n) is 5.53. The van der Waals surface area contributed by atoms with Gasteiger partial charge in [0.25, 0.3) is 0 Å². The fraction of sp³-hybridized carbons (Fsp3) is 0.500. The Morgan fingerprint density at radius 1 is 1.25 bits per heavy atom. The lowest BCUT2D eigenvalue weighted by molar-refractivity contribution is -0.137. The van der Waals surface area contributed by atoms with Crippen LogP contribution >= 0.6 is 21.6 Å². The molecule has 1 aliphatic heterocycles. The largest absolute Gasteiger partial charge is 0.492 e. The number of benzene rings is 1. The van der Waals surface area contributed by atoms with E-state index in [-0.39, 0.29) is 11.9 Å². The van der Waals surface area contributed by atoms with Crippen molar-refractivity contribution in [2.75, 3.05) is 25.2 Å². The predicted molar refractivity (Wildman–Crippen MR) is 132 cm³/mol. The van der Waals surface area contributed by atoms with Crippen LogP contribution in [-0.2, 0) is 9.53 Å². The van der Waals surface area contributed by atoms with Crippen molar-refractivity contribution >= 4 is 33.3 Å². The standard InChI is InChI=1S/C24H34ClNO5S/c1-4-10-18(20(27)5-2)24(26-29)19-11-8-12-21(23(19)25)31-13-9-16-32(14-6-7-15-32)17-22(28)30-3/h6-8,11-12,14-15,18,20,27,29H,4-5,9-10,13,16-17H2,1-3H3/b26-24-. The number of nitrogens with zero attached hydrogens (tertiary/aromatic N) is 1. The summed E-state index contributed by atoms with van der Waals surface area (Å²) >= 11 is 6.62. The van der Waals surface area contributed by atoms with Crippen molar-refractivity contribution in [3.8, 4) is 5.75 Å². The van der Waals surface area contributed by atoms with E-state index in [2.05, 4.69) is 16.0 Å². The maximum atomic E-state index is 11.8. The molecule has 2 N–H and O–H groups in total. The van der Waals surface area contributed by atoms with Crippen molar-refractivity contribution in [2.45, 2.75) is 45.6 Å². The predicted octanol–water partition coefficient (Wildman–Crippen LogP) is 5.49. The van der Waals surface area contributed by atoms with E-state index in [1.165, 1.54) is 7.11 Å². The van der Waals surface area contributed by atoms with Crippen LogP contribution in [0.3, 0.4) is 0 Å². The highest BCUT2D eigenvalue weighted by Crippen LogP contribution is 2.54. The molecule has 0 aromatic heterocycles. The number of methoxy groups -OCH3 is 1. The van der Waals surface area contributed by atoms with Crippen molar-refractivity contribution in [1.82, 2.24) is 0 Å². The first kappa shape index (κ1) is 26.3. The Hall–Kier alpha value is -1.96. The van der Waals surface area contributed by atoms with Crippen LogP contribution in [0.4, 0.5) is 0 Å². The molecule has 32 heavy (non-hydrogen) atoms. The van der Waals surface area contributed by atoms with Gasteiger partial charge in [0.2, 0.25) is 0 Å². The van der Waals surface area contributed by atoms with E-state index in [4.69, 9.17) is 21.1 Å². The SMILES string of the molecule is CCCC(/C(=N/O)c1cccc(OCCCS2(CC(=O)OC)C=CC=C2)c1Cl)C(O)CC. The molecular weight excluding hydrogens is 450 g/mol. The summed E-state index contributed by atoms with van der Waals surface area (Å²) in [5.74, 6) is 1.17. The molecule has 0 spiro atoms. The maximum Gasteiger partial charge on any atom is 0.314 e. The van der Waals surface area contributed by atoms with Gasteiger partial charge in [0, 0.05) is 11.5 Å². The van der Waals surface area contributed by atoms with Crippen molar-refractivity contribution < 1.29 is 24.6 Å². The van der Waals surface area contributed by atoms with Crippen LogP contribution in [0.1, 0.15) is 45.1 Å². The summed E-state index contributed by atoms with van der Waals surface area (Å²) in [5.41, 5.74) is 0.936. The van der Waals surface area contributed by atoms with Gasteiger partial charge in [0.1, 0.15) is 5.75 Å². The van der Waals surface area contributed by atoms with Crippen LogP contribution in [0.15, 0.2) is 46.3 Å². The Morgan fingerprint density at radius 2 is 1.97 bits per heavy atom. The van der Waals surface area contributed by atoms with Crippen LogP contribution < -0.4 is 4.74 Å². The zero-order valence-electron chi connectivity index (χ0n) is 19.0. The van der Waals surface area contributed by atoms with Gasteiger partial charge in [-0.1, -0.05) is 61.3 Å². The Labute approximate surface area is 197 Å². The zero-order chi connectivity index (χ0) is 23.6. The first-order chi connectivity index (χ1) is 15.4. The number of halogens is 1. The monoisotopic (exact) mass is 483 g/mol. The van der Waals surface area contributed by atoms with Gasteiger partial charge < -0.3 is 19.8 Å². The molecule has 0 amide bonds. The minimum Gasteiger partial charge on any atom is -0.492 e. The molecule has 1 heterocycles. The summed E-state index contributed by atoms with van der Waals surface area (Å²) in [6.07, 6.45) is 6.16. The number of hydrogen-bond acceptors (Lipinski definition) is 6. The second kappa shape index (κ2) is 12.9. The van der Waals surface area contributed by atoms with E-state index in [0.717, 1.165) is 18.6 Å². The van der Waals surface area contributed by atoms with E-state index in [1.54, 1.807) is 18.2 Å². The number of allylic oxidation sites excluding steroid dienone is 2. The summed E-state index contributed by atoms with van der Waals surface area (Å²) < 4.78 is 10.8. The number of carbonyl (C=O) groups is 1. The Bertz CT molecular complexity index is 843. The second-order valence-electron chi connectivity index (χ2n) is 7.76. The van der Waals surface area contributed by atoms with Crippen LogP contribution in [0.2, 0.25) is 5.02 Å². The third kappa shape index (κ3) is 6.77. The number of rotatable bonds is 13. The van der Waals surface area contributed by atoms with E-state index >= 15 is 0 Å². The molecule has 2 unspecified atom stereocenters. The number of ether oxygens (including phenoxy) is 2. The van der Waals surface area contributed by atoms with Crippen LogP contribution in [0.5, 0.6) is 5.75 Å². The molecule has 0 fully saturated rings. The smallest absolute Gasteiger partial charge is 0.314 e. The van der Waals surface area contributed by atoms with Gasteiger partial charge >= 0.3 is 5.97 Å². The molecule has 0 radical (unpaired) electrons. The van der Waals surface area contributed by atoms with Gasteiger partial charge in [-0.2, -0.15) is 10.0 Å². The summed E-state index contributed by atoms with van der Waals surface area (Å²) in [6.45, 7) is 4.35. The first-order valence-electron chi connectivity index (χ1n) is 10.9. The molecule has 8 heteroatoms. The lowest BCUT2D eigenvalue weighted by Crippen LogP contribution is -2.29. The van der Waals surface area contributed by atoms with E-state index < -0.39 is 16.1 Å². The summed E-state index contributed by atoms with van der Waals surface area (Å²) in [5, 5.41) is 28.2. The minimum absolute atomic E-state index is 0.209. The first-order valence-corrected chi connectivity index (χ1v) is 13.4. The topological polar surface area (TPSA) is 88.4 Å². The minimum atomic E-state index is -1.32. The highest BCUT2D eigenvalue weighted by molar-refractivity contribution is 8.39. The third-order valence-corrected chi connectivity index (χ3v) is 9.14. The average Bonchev–Trinajstić information content (AvgIpc) is 3.26. The van der Waals surface area contributed by atoms with Crippen LogP contribution in [-0.4, -0.2) is 53.3 Å². The summed E-state index contributed by atoms with van der Waals surface area (Å²) in [4.78, 5) is 11.8. The quantitative estimate of drug-likeness (QED) is 0.127. The van der Waals surface area contributed by atoms with Gasteiger partial charge in [-0.25, -0.2) is 0 Å². The molecule has 1 aromatic rings. The molecule has 1 aromatic carbocycles. The number of esters is 1. The molecule has 178 valence electrons. The van der Waals surface area contributed by atoms with Gasteiger partial charge in [0.15, 0.2) is 0 Å². The number of carbonyl (C=O) groups excluding carboxylic acids is 1. The van der Waals surface area contributed by atoms with Gasteiger partial charge in [-0.15, -0.1) is 0 Å². The van der Waals surface area contributed by atoms with E-state index in [9.17, 15) is 15.1 Å². The van der Waals surface area contributed by atoms with Crippen molar-refractivity contribution in [1.29, 1.82) is 0 Å². The normalized spacial score (nSPS) is 17.7. The molecule has 1 aliphatic rings. The van der Waals surface area contributed by atoms with Crippen molar-refractivity contribution in [3.63, 3.8) is 0 Å². The molecule has 0 saturated heterocycles. The maximum absolute atomic E-state index is 11.8. The van der Waals surface area contributed by atoms with Gasteiger partial charge in [-0.05, 0) is 41.9 Å². The zero-order valence-corrected chi connectivity index (χ0v) is 20.6. The fourth-order valence-electron chi connectivity index (χ4n) is 3.80. The van der Waals surface area contributed by atoms with Crippen LogP contribution in [0, 0.1) is 5.92 Å². The highest BCUT2D eigenvalue weighted by atomic mass is 35.5. The molecule has 6 nitrogen and oxygen atoms in total. The molecule has 0 saturated carbocycles. The van der Waals surface area contributed by atoms with Gasteiger partial charge in [0.05, 0.1) is 36.3 Å². The Kier molecular flexibility index (Phi) is 10.6. The number of aliphatic hydroxyl groups is 1. The molecule has 0 bridgehead atoms. The fourth-order valence-corrected chi connectivity index (χ4v) is 6.79. The lowest BCUT2D eigenvalue weighted by atomic mass is 9.87. The number of aliphatic hydroxyl groups excluding tert-OH is 1. The molecule has 0 aliphatic carbocycles. The van der Waals surface area contributed by atoms with Crippen molar-refractivity contribution in [3.05, 3.63) is 51.8 Å². The Balaban J connectivity index is 2.08. The molecule has 2 atom stereocenters. The summed E-state index contributed by atoms with van der Waals surface area (Å²) in [7, 11) is 0.0859.